The summed E-state index contributed by atoms with van der Waals surface area (Å²) in [5, 5.41) is 11.3. The molecule has 5 nitrogen and oxygen atoms in total. The van der Waals surface area contributed by atoms with E-state index < -0.39 is 17.3 Å². The third-order valence-electron chi connectivity index (χ3n) is 2.21. The number of H-pyrrole nitrogens is 1. The molecule has 1 aromatic carbocycles. The summed E-state index contributed by atoms with van der Waals surface area (Å²) in [7, 11) is 0. The fraction of sp³-hybridized carbons (Fsp3) is 0. The molecule has 0 aliphatic rings. The van der Waals surface area contributed by atoms with E-state index in [1.807, 2.05) is 0 Å². The van der Waals surface area contributed by atoms with Gasteiger partial charge in [0.2, 0.25) is 5.56 Å². The number of aromatic hydroxyl groups is 1. The van der Waals surface area contributed by atoms with Crippen LogP contribution >= 0.6 is 0 Å². The number of rotatable bonds is 2. The molecule has 3 N–H and O–H groups in total. The summed E-state index contributed by atoms with van der Waals surface area (Å²) < 4.78 is 13.4. The lowest BCUT2D eigenvalue weighted by molar-refractivity contribution is 0.102. The first-order valence-electron chi connectivity index (χ1n) is 5.05. The highest BCUT2D eigenvalue weighted by Crippen LogP contribution is 2.19. The molecule has 18 heavy (non-hydrogen) atoms. The van der Waals surface area contributed by atoms with E-state index in [4.69, 9.17) is 5.11 Å². The van der Waals surface area contributed by atoms with Gasteiger partial charge in [-0.1, -0.05) is 6.07 Å². The Morgan fingerprint density at radius 2 is 2.06 bits per heavy atom. The molecule has 6 heteroatoms. The molecular formula is C12H9FN2O3. The van der Waals surface area contributed by atoms with Crippen LogP contribution < -0.4 is 10.9 Å². The van der Waals surface area contributed by atoms with Crippen molar-refractivity contribution in [3.63, 3.8) is 0 Å². The summed E-state index contributed by atoms with van der Waals surface area (Å²) in [5.74, 6) is -1.64. The third kappa shape index (κ3) is 2.54. The topological polar surface area (TPSA) is 82.2 Å². The SMILES string of the molecule is O=C(Nc1ccc(O)cc1F)c1cccc(=O)[nH]1. The van der Waals surface area contributed by atoms with E-state index in [1.165, 1.54) is 30.3 Å². The highest BCUT2D eigenvalue weighted by atomic mass is 19.1. The van der Waals surface area contributed by atoms with Gasteiger partial charge in [-0.2, -0.15) is 0 Å². The van der Waals surface area contributed by atoms with Crippen LogP contribution in [0.25, 0.3) is 0 Å². The van der Waals surface area contributed by atoms with Gasteiger partial charge in [0.05, 0.1) is 5.69 Å². The lowest BCUT2D eigenvalue weighted by Crippen LogP contribution is -2.18. The fourth-order valence-electron chi connectivity index (χ4n) is 1.38. The van der Waals surface area contributed by atoms with E-state index in [0.29, 0.717) is 0 Å². The summed E-state index contributed by atoms with van der Waals surface area (Å²) in [6.07, 6.45) is 0. The molecule has 1 aromatic heterocycles. The second kappa shape index (κ2) is 4.70. The Labute approximate surface area is 101 Å². The minimum absolute atomic E-state index is 0.0231. The molecule has 1 heterocycles. The predicted molar refractivity (Wildman–Crippen MR) is 63.1 cm³/mol. The van der Waals surface area contributed by atoms with Gasteiger partial charge < -0.3 is 15.4 Å². The minimum atomic E-state index is -0.762. The number of halogens is 1. The van der Waals surface area contributed by atoms with Gasteiger partial charge in [-0.3, -0.25) is 9.59 Å². The average Bonchev–Trinajstić information content (AvgIpc) is 2.32. The summed E-state index contributed by atoms with van der Waals surface area (Å²) >= 11 is 0. The van der Waals surface area contributed by atoms with E-state index in [2.05, 4.69) is 10.3 Å². The zero-order chi connectivity index (χ0) is 13.1. The van der Waals surface area contributed by atoms with Crippen LogP contribution in [0.3, 0.4) is 0 Å². The smallest absolute Gasteiger partial charge is 0.272 e. The highest BCUT2D eigenvalue weighted by molar-refractivity contribution is 6.02. The molecule has 0 aliphatic heterocycles. The molecule has 0 fully saturated rings. The molecule has 2 rings (SSSR count). The number of aromatic amines is 1. The zero-order valence-corrected chi connectivity index (χ0v) is 9.11. The largest absolute Gasteiger partial charge is 0.508 e. The van der Waals surface area contributed by atoms with Crippen molar-refractivity contribution in [2.75, 3.05) is 5.32 Å². The second-order valence-corrected chi connectivity index (χ2v) is 3.55. The molecule has 1 amide bonds. The van der Waals surface area contributed by atoms with Crippen LogP contribution in [0.4, 0.5) is 10.1 Å². The monoisotopic (exact) mass is 248 g/mol. The summed E-state index contributed by atoms with van der Waals surface area (Å²) in [6.45, 7) is 0. The average molecular weight is 248 g/mol. The fourth-order valence-corrected chi connectivity index (χ4v) is 1.38. The third-order valence-corrected chi connectivity index (χ3v) is 2.21. The molecule has 0 saturated heterocycles. The van der Waals surface area contributed by atoms with Crippen molar-refractivity contribution < 1.29 is 14.3 Å². The number of carbonyl (C=O) groups is 1. The summed E-state index contributed by atoms with van der Waals surface area (Å²) in [4.78, 5) is 25.0. The Balaban J connectivity index is 2.24. The lowest BCUT2D eigenvalue weighted by atomic mass is 10.2. The molecule has 0 unspecified atom stereocenters. The Kier molecular flexibility index (Phi) is 3.09. The highest BCUT2D eigenvalue weighted by Gasteiger charge is 2.10. The number of carbonyl (C=O) groups excluding carboxylic acids is 1. The number of benzene rings is 1. The second-order valence-electron chi connectivity index (χ2n) is 3.55. The van der Waals surface area contributed by atoms with Crippen LogP contribution in [0.5, 0.6) is 5.75 Å². The van der Waals surface area contributed by atoms with Crippen molar-refractivity contribution in [3.8, 4) is 5.75 Å². The van der Waals surface area contributed by atoms with Crippen LogP contribution in [0.15, 0.2) is 41.2 Å². The molecule has 0 spiro atoms. The van der Waals surface area contributed by atoms with Crippen molar-refractivity contribution in [1.29, 1.82) is 0 Å². The van der Waals surface area contributed by atoms with E-state index in [-0.39, 0.29) is 17.1 Å². The van der Waals surface area contributed by atoms with Crippen molar-refractivity contribution >= 4 is 11.6 Å². The maximum atomic E-state index is 13.4. The van der Waals surface area contributed by atoms with Gasteiger partial charge in [0, 0.05) is 12.1 Å². The molecule has 0 bridgehead atoms. The van der Waals surface area contributed by atoms with Gasteiger partial charge in [0.25, 0.3) is 5.91 Å². The molecule has 0 saturated carbocycles. The maximum absolute atomic E-state index is 13.4. The van der Waals surface area contributed by atoms with Gasteiger partial charge in [0.1, 0.15) is 17.3 Å². The molecule has 0 atom stereocenters. The molecule has 0 radical (unpaired) electrons. The number of phenolic OH excluding ortho intramolecular Hbond substituents is 1. The molecular weight excluding hydrogens is 239 g/mol. The molecule has 2 aromatic rings. The van der Waals surface area contributed by atoms with Crippen molar-refractivity contribution in [2.24, 2.45) is 0 Å². The Morgan fingerprint density at radius 3 is 2.72 bits per heavy atom. The minimum Gasteiger partial charge on any atom is -0.508 e. The van der Waals surface area contributed by atoms with E-state index >= 15 is 0 Å². The van der Waals surface area contributed by atoms with Gasteiger partial charge >= 0.3 is 0 Å². The summed E-state index contributed by atoms with van der Waals surface area (Å²) in [6, 6.07) is 7.42. The predicted octanol–water partition coefficient (Wildman–Crippen LogP) is 1.47. The van der Waals surface area contributed by atoms with Gasteiger partial charge in [-0.15, -0.1) is 0 Å². The van der Waals surface area contributed by atoms with Gasteiger partial charge in [-0.05, 0) is 18.2 Å². The number of hydrogen-bond acceptors (Lipinski definition) is 3. The van der Waals surface area contributed by atoms with Crippen LogP contribution in [-0.4, -0.2) is 16.0 Å². The van der Waals surface area contributed by atoms with Crippen molar-refractivity contribution in [3.05, 3.63) is 58.3 Å². The van der Waals surface area contributed by atoms with E-state index in [0.717, 1.165) is 6.07 Å². The van der Waals surface area contributed by atoms with E-state index in [9.17, 15) is 14.0 Å². The number of nitrogens with one attached hydrogen (secondary N) is 2. The number of amides is 1. The van der Waals surface area contributed by atoms with Gasteiger partial charge in [0.15, 0.2) is 0 Å². The van der Waals surface area contributed by atoms with Crippen LogP contribution in [0.1, 0.15) is 10.5 Å². The number of aromatic nitrogens is 1. The first kappa shape index (κ1) is 11.8. The first-order valence-corrected chi connectivity index (χ1v) is 5.05. The Hall–Kier alpha value is -2.63. The normalized spacial score (nSPS) is 10.1. The van der Waals surface area contributed by atoms with Crippen LogP contribution in [-0.2, 0) is 0 Å². The van der Waals surface area contributed by atoms with Crippen molar-refractivity contribution in [1.82, 2.24) is 4.98 Å². The van der Waals surface area contributed by atoms with Crippen LogP contribution in [0.2, 0.25) is 0 Å². The number of anilines is 1. The van der Waals surface area contributed by atoms with Crippen LogP contribution in [0, 0.1) is 5.82 Å². The molecule has 92 valence electrons. The number of hydrogen-bond donors (Lipinski definition) is 3. The molecule has 0 aliphatic carbocycles. The van der Waals surface area contributed by atoms with E-state index in [1.54, 1.807) is 0 Å². The van der Waals surface area contributed by atoms with Gasteiger partial charge in [-0.25, -0.2) is 4.39 Å². The number of pyridine rings is 1. The zero-order valence-electron chi connectivity index (χ0n) is 9.11. The Bertz CT molecular complexity index is 652. The lowest BCUT2D eigenvalue weighted by Gasteiger charge is -2.06. The van der Waals surface area contributed by atoms with Crippen molar-refractivity contribution in [2.45, 2.75) is 0 Å². The number of phenols is 1. The first-order chi connectivity index (χ1) is 8.56. The Morgan fingerprint density at radius 1 is 1.28 bits per heavy atom. The quantitative estimate of drug-likeness (QED) is 0.704. The standard InChI is InChI=1S/C12H9FN2O3/c13-8-6-7(16)4-5-9(8)15-12(18)10-2-1-3-11(17)14-10/h1-6,16H,(H,14,17)(H,15,18). The summed E-state index contributed by atoms with van der Waals surface area (Å²) in [5.41, 5.74) is -0.480. The maximum Gasteiger partial charge on any atom is 0.272 e.